The second kappa shape index (κ2) is 9.22. The smallest absolute Gasteiger partial charge is 0.257 e. The van der Waals surface area contributed by atoms with Crippen molar-refractivity contribution in [3.8, 4) is 5.75 Å². The number of furan rings is 1. The van der Waals surface area contributed by atoms with Gasteiger partial charge in [0.25, 0.3) is 16.8 Å². The number of piperazine rings is 1. The highest BCUT2D eigenvalue weighted by Gasteiger charge is 2.34. The Labute approximate surface area is 203 Å². The molecule has 0 spiro atoms. The molecule has 2 aromatic carbocycles. The largest absolute Gasteiger partial charge is 0.505 e. The average molecular weight is 479 g/mol. The molecule has 0 saturated carbocycles. The highest BCUT2D eigenvalue weighted by molar-refractivity contribution is 5.99. The van der Waals surface area contributed by atoms with E-state index < -0.39 is 10.9 Å². The number of hydrogen-bond donors (Lipinski definition) is 3. The van der Waals surface area contributed by atoms with Crippen molar-refractivity contribution in [2.24, 2.45) is 0 Å². The third-order valence-corrected chi connectivity index (χ3v) is 7.14. The van der Waals surface area contributed by atoms with E-state index in [1.54, 1.807) is 23.1 Å². The first kappa shape index (κ1) is 23.2. The molecule has 0 radical (unpaired) electrons. The van der Waals surface area contributed by atoms with E-state index in [4.69, 9.17) is 4.42 Å². The van der Waals surface area contributed by atoms with E-state index in [0.29, 0.717) is 31.3 Å². The summed E-state index contributed by atoms with van der Waals surface area (Å²) in [5.41, 5.74) is -0.720. The van der Waals surface area contributed by atoms with E-state index in [1.165, 1.54) is 0 Å². The molecule has 2 aliphatic heterocycles. The van der Waals surface area contributed by atoms with Crippen LogP contribution in [0.1, 0.15) is 54.1 Å². The molecule has 2 unspecified atom stereocenters. The van der Waals surface area contributed by atoms with Crippen LogP contribution in [0, 0.1) is 6.92 Å². The number of fused-ring (bicyclic) bond motifs is 1. The number of nitrogens with zero attached hydrogens (tertiary/aromatic N) is 2. The lowest BCUT2D eigenvalue weighted by Gasteiger charge is -2.37. The van der Waals surface area contributed by atoms with Crippen molar-refractivity contribution < 1.29 is 14.3 Å². The summed E-state index contributed by atoms with van der Waals surface area (Å²) >= 11 is 0. The number of aryl methyl sites for hydroxylation is 1. The third-order valence-electron chi connectivity index (χ3n) is 7.14. The second-order valence-corrected chi connectivity index (χ2v) is 9.37. The predicted molar refractivity (Wildman–Crippen MR) is 133 cm³/mol. The SMILES string of the molecule is CCC(Nc1c(Nc2cccc(C(=O)N3CCN4CCCC4C3)c2O)c(=O)c1=O)c1ccc(C)o1. The zero-order valence-corrected chi connectivity index (χ0v) is 20.0. The van der Waals surface area contributed by atoms with Crippen LogP contribution in [-0.2, 0) is 0 Å². The van der Waals surface area contributed by atoms with Gasteiger partial charge in [-0.15, -0.1) is 0 Å². The molecule has 184 valence electrons. The van der Waals surface area contributed by atoms with Crippen LogP contribution in [0.4, 0.5) is 17.1 Å². The standard InChI is InChI=1S/C26H30N4O5/c1-3-18(20-10-9-15(2)35-20)27-21-22(25(33)24(21)32)28-19-8-4-7-17(23(19)31)26(34)30-13-12-29-11-5-6-16(29)14-30/h4,7-10,16,18,27-28,31H,3,5-6,11-14H2,1-2H3. The van der Waals surface area contributed by atoms with Gasteiger partial charge in [-0.3, -0.25) is 19.3 Å². The summed E-state index contributed by atoms with van der Waals surface area (Å²) in [6, 6.07) is 8.57. The molecule has 2 atom stereocenters. The molecule has 9 heteroatoms. The van der Waals surface area contributed by atoms with Crippen LogP contribution in [0.3, 0.4) is 0 Å². The first-order valence-electron chi connectivity index (χ1n) is 12.2. The van der Waals surface area contributed by atoms with Gasteiger partial charge in [-0.25, -0.2) is 0 Å². The molecule has 1 amide bonds. The molecule has 0 aliphatic carbocycles. The number of hydrogen-bond acceptors (Lipinski definition) is 8. The van der Waals surface area contributed by atoms with Gasteiger partial charge in [0, 0.05) is 25.7 Å². The Hall–Kier alpha value is -3.59. The maximum absolute atomic E-state index is 13.2. The quantitative estimate of drug-likeness (QED) is 0.351. The first-order valence-corrected chi connectivity index (χ1v) is 12.2. The number of para-hydroxylation sites is 1. The van der Waals surface area contributed by atoms with Gasteiger partial charge in [-0.05, 0) is 57.0 Å². The molecule has 35 heavy (non-hydrogen) atoms. The minimum Gasteiger partial charge on any atom is -0.505 e. The Kier molecular flexibility index (Phi) is 6.10. The lowest BCUT2D eigenvalue weighted by Crippen LogP contribution is -2.52. The monoisotopic (exact) mass is 478 g/mol. The van der Waals surface area contributed by atoms with Gasteiger partial charge in [-0.2, -0.15) is 0 Å². The van der Waals surface area contributed by atoms with Gasteiger partial charge >= 0.3 is 0 Å². The Balaban J connectivity index is 1.36. The number of carbonyl (C=O) groups excluding carboxylic acids is 1. The Morgan fingerprint density at radius 2 is 1.94 bits per heavy atom. The van der Waals surface area contributed by atoms with E-state index in [0.717, 1.165) is 31.7 Å². The molecule has 0 bridgehead atoms. The van der Waals surface area contributed by atoms with Crippen molar-refractivity contribution in [1.82, 2.24) is 9.80 Å². The van der Waals surface area contributed by atoms with Gasteiger partial charge in [0.2, 0.25) is 0 Å². The number of phenolic OH excluding ortho intramolecular Hbond substituents is 1. The van der Waals surface area contributed by atoms with E-state index in [-0.39, 0.29) is 40.3 Å². The van der Waals surface area contributed by atoms with Crippen LogP contribution in [0.15, 0.2) is 44.3 Å². The fourth-order valence-electron chi connectivity index (χ4n) is 5.14. The van der Waals surface area contributed by atoms with Crippen LogP contribution < -0.4 is 21.5 Å². The average Bonchev–Trinajstić information content (AvgIpc) is 3.52. The molecule has 1 aromatic heterocycles. The number of aromatic hydroxyl groups is 1. The van der Waals surface area contributed by atoms with Crippen molar-refractivity contribution >= 4 is 23.0 Å². The van der Waals surface area contributed by atoms with Crippen LogP contribution in [0.25, 0.3) is 0 Å². The zero-order chi connectivity index (χ0) is 24.7. The van der Waals surface area contributed by atoms with Gasteiger partial charge in [-0.1, -0.05) is 13.0 Å². The van der Waals surface area contributed by atoms with Gasteiger partial charge in [0.1, 0.15) is 22.9 Å². The highest BCUT2D eigenvalue weighted by Crippen LogP contribution is 2.34. The van der Waals surface area contributed by atoms with Crippen molar-refractivity contribution in [3.05, 3.63) is 67.9 Å². The maximum atomic E-state index is 13.2. The lowest BCUT2D eigenvalue weighted by atomic mass is 10.1. The second-order valence-electron chi connectivity index (χ2n) is 9.37. The fourth-order valence-corrected chi connectivity index (χ4v) is 5.14. The summed E-state index contributed by atoms with van der Waals surface area (Å²) in [6.45, 7) is 6.96. The molecule has 3 aromatic rings. The fraction of sp³-hybridized carbons (Fsp3) is 0.423. The summed E-state index contributed by atoms with van der Waals surface area (Å²) in [4.78, 5) is 42.1. The predicted octanol–water partition coefficient (Wildman–Crippen LogP) is 3.12. The van der Waals surface area contributed by atoms with Crippen LogP contribution in [0.5, 0.6) is 5.75 Å². The van der Waals surface area contributed by atoms with E-state index in [1.807, 2.05) is 26.0 Å². The van der Waals surface area contributed by atoms with Crippen molar-refractivity contribution in [1.29, 1.82) is 0 Å². The topological polar surface area (TPSA) is 115 Å². The Bertz CT molecular complexity index is 1320. The van der Waals surface area contributed by atoms with Crippen LogP contribution in [0.2, 0.25) is 0 Å². The number of benzene rings is 1. The van der Waals surface area contributed by atoms with Crippen molar-refractivity contribution in [2.75, 3.05) is 36.8 Å². The minimum absolute atomic E-state index is 0.0659. The van der Waals surface area contributed by atoms with E-state index >= 15 is 0 Å². The van der Waals surface area contributed by atoms with Crippen LogP contribution >= 0.6 is 0 Å². The van der Waals surface area contributed by atoms with Crippen LogP contribution in [-0.4, -0.2) is 53.0 Å². The molecule has 2 aliphatic rings. The van der Waals surface area contributed by atoms with Crippen molar-refractivity contribution in [2.45, 2.75) is 45.2 Å². The molecule has 2 saturated heterocycles. The molecule has 2 fully saturated rings. The minimum atomic E-state index is -0.675. The number of rotatable bonds is 7. The number of nitrogens with one attached hydrogen (secondary N) is 2. The number of phenols is 1. The van der Waals surface area contributed by atoms with Gasteiger partial charge in [0.15, 0.2) is 5.75 Å². The molecular formula is C26H30N4O5. The van der Waals surface area contributed by atoms with E-state index in [9.17, 15) is 19.5 Å². The maximum Gasteiger partial charge on any atom is 0.257 e. The summed E-state index contributed by atoms with van der Waals surface area (Å²) in [7, 11) is 0. The summed E-state index contributed by atoms with van der Waals surface area (Å²) in [6.07, 6.45) is 2.86. The first-order chi connectivity index (χ1) is 16.9. The third kappa shape index (κ3) is 4.20. The Morgan fingerprint density at radius 1 is 1.14 bits per heavy atom. The van der Waals surface area contributed by atoms with Gasteiger partial charge < -0.3 is 25.1 Å². The normalized spacial score (nSPS) is 19.0. The van der Waals surface area contributed by atoms with Gasteiger partial charge in [0.05, 0.1) is 17.3 Å². The summed E-state index contributed by atoms with van der Waals surface area (Å²) < 4.78 is 5.68. The molecule has 5 rings (SSSR count). The molecule has 3 N–H and O–H groups in total. The number of amides is 1. The lowest BCUT2D eigenvalue weighted by molar-refractivity contribution is 0.0568. The summed E-state index contributed by atoms with van der Waals surface area (Å²) in [5.74, 6) is 0.950. The zero-order valence-electron chi connectivity index (χ0n) is 20.0. The molecule has 9 nitrogen and oxygen atoms in total. The molecule has 3 heterocycles. The Morgan fingerprint density at radius 3 is 2.69 bits per heavy atom. The number of carbonyl (C=O) groups is 1. The van der Waals surface area contributed by atoms with E-state index in [2.05, 4.69) is 15.5 Å². The highest BCUT2D eigenvalue weighted by atomic mass is 16.3. The summed E-state index contributed by atoms with van der Waals surface area (Å²) in [5, 5.41) is 16.9. The number of anilines is 3. The molecular weight excluding hydrogens is 448 g/mol. The van der Waals surface area contributed by atoms with Crippen molar-refractivity contribution in [3.63, 3.8) is 0 Å².